The van der Waals surface area contributed by atoms with E-state index in [0.29, 0.717) is 25.5 Å². The first-order valence-corrected chi connectivity index (χ1v) is 2.88. The Morgan fingerprint density at radius 2 is 2.11 bits per heavy atom. The maximum absolute atomic E-state index is 9.76. The Labute approximate surface area is 53.7 Å². The Hall–Kier alpha value is -0.700. The lowest BCUT2D eigenvalue weighted by molar-refractivity contribution is -0.115. The Morgan fingerprint density at radius 1 is 1.44 bits per heavy atom. The summed E-state index contributed by atoms with van der Waals surface area (Å²) in [4.78, 5) is 19.5. The average Bonchev–Trinajstić information content (AvgIpc) is 1.89. The molecule has 0 heterocycles. The van der Waals surface area contributed by atoms with E-state index in [-0.39, 0.29) is 0 Å². The largest absolute Gasteiger partial charge is 0.386 e. The lowest BCUT2D eigenvalue weighted by Crippen LogP contribution is -2.06. The zero-order valence-corrected chi connectivity index (χ0v) is 5.12. The van der Waals surface area contributed by atoms with Crippen molar-refractivity contribution in [2.75, 3.05) is 0 Å². The molecule has 0 aromatic rings. The third-order valence-corrected chi connectivity index (χ3v) is 0.979. The van der Waals surface area contributed by atoms with Gasteiger partial charge in [0.1, 0.15) is 18.7 Å². The second-order valence-electron chi connectivity index (χ2n) is 1.80. The summed E-state index contributed by atoms with van der Waals surface area (Å²) >= 11 is 0. The van der Waals surface area contributed by atoms with Crippen molar-refractivity contribution in [2.45, 2.75) is 25.4 Å². The smallest absolute Gasteiger partial charge is 0.148 e. The first-order chi connectivity index (χ1) is 4.31. The molecule has 0 aromatic carbocycles. The van der Waals surface area contributed by atoms with Gasteiger partial charge in [-0.05, 0) is 12.8 Å². The van der Waals surface area contributed by atoms with Crippen LogP contribution in [0.3, 0.4) is 0 Å². The molecule has 3 nitrogen and oxygen atoms in total. The van der Waals surface area contributed by atoms with Gasteiger partial charge < -0.3 is 14.7 Å². The summed E-state index contributed by atoms with van der Waals surface area (Å²) in [5.74, 6) is 0. The number of aliphatic hydroxyl groups excluding tert-OH is 1. The third-order valence-electron chi connectivity index (χ3n) is 0.979. The first-order valence-electron chi connectivity index (χ1n) is 2.88. The van der Waals surface area contributed by atoms with E-state index in [1.165, 1.54) is 0 Å². The lowest BCUT2D eigenvalue weighted by atomic mass is 10.2. The zero-order valence-electron chi connectivity index (χ0n) is 5.12. The summed E-state index contributed by atoms with van der Waals surface area (Å²) in [6, 6.07) is 0. The highest BCUT2D eigenvalue weighted by Crippen LogP contribution is 1.95. The zero-order chi connectivity index (χ0) is 7.11. The fraction of sp³-hybridized carbons (Fsp3) is 0.667. The molecule has 0 radical (unpaired) electrons. The van der Waals surface area contributed by atoms with E-state index >= 15 is 0 Å². The molecule has 3 heteroatoms. The van der Waals surface area contributed by atoms with Gasteiger partial charge in [-0.25, -0.2) is 0 Å². The molecule has 0 aliphatic rings. The molecular weight excluding hydrogens is 120 g/mol. The monoisotopic (exact) mass is 130 g/mol. The van der Waals surface area contributed by atoms with Crippen LogP contribution in [-0.4, -0.2) is 23.8 Å². The molecule has 0 unspecified atom stereocenters. The van der Waals surface area contributed by atoms with Crippen molar-refractivity contribution in [2.24, 2.45) is 0 Å². The highest BCUT2D eigenvalue weighted by molar-refractivity contribution is 5.55. The summed E-state index contributed by atoms with van der Waals surface area (Å²) in [6.07, 6.45) is 1.77. The Kier molecular flexibility index (Phi) is 5.01. The molecule has 0 saturated heterocycles. The van der Waals surface area contributed by atoms with Gasteiger partial charge in [-0.1, -0.05) is 0 Å². The minimum atomic E-state index is -0.884. The van der Waals surface area contributed by atoms with Crippen LogP contribution in [0.5, 0.6) is 0 Å². The van der Waals surface area contributed by atoms with Crippen LogP contribution < -0.4 is 0 Å². The molecule has 0 rings (SSSR count). The number of carbonyl (C=O) groups excluding carboxylic acids is 2. The van der Waals surface area contributed by atoms with Gasteiger partial charge in [0, 0.05) is 6.42 Å². The highest BCUT2D eigenvalue weighted by atomic mass is 16.3. The highest BCUT2D eigenvalue weighted by Gasteiger charge is 1.98. The molecule has 0 amide bonds. The van der Waals surface area contributed by atoms with Crippen LogP contribution in [-0.2, 0) is 9.59 Å². The van der Waals surface area contributed by atoms with Crippen molar-refractivity contribution in [1.82, 2.24) is 0 Å². The van der Waals surface area contributed by atoms with Crippen molar-refractivity contribution in [3.8, 4) is 0 Å². The van der Waals surface area contributed by atoms with Gasteiger partial charge in [0.05, 0.1) is 0 Å². The number of aliphatic hydroxyl groups is 1. The van der Waals surface area contributed by atoms with E-state index in [9.17, 15) is 9.59 Å². The standard InChI is InChI=1S/C6H10O3/c7-4-2-1-3-6(9)5-8/h4-6,9H,1-3H2/t6-/m0/s1. The number of carbonyl (C=O) groups is 2. The van der Waals surface area contributed by atoms with Gasteiger partial charge in [-0.15, -0.1) is 0 Å². The van der Waals surface area contributed by atoms with Crippen molar-refractivity contribution in [1.29, 1.82) is 0 Å². The summed E-state index contributed by atoms with van der Waals surface area (Å²) in [5, 5.41) is 8.60. The second kappa shape index (κ2) is 5.44. The van der Waals surface area contributed by atoms with Crippen molar-refractivity contribution >= 4 is 12.6 Å². The van der Waals surface area contributed by atoms with Crippen LogP contribution in [0.15, 0.2) is 0 Å². The fourth-order valence-corrected chi connectivity index (χ4v) is 0.478. The predicted molar refractivity (Wildman–Crippen MR) is 32.0 cm³/mol. The van der Waals surface area contributed by atoms with E-state index in [4.69, 9.17) is 5.11 Å². The van der Waals surface area contributed by atoms with Gasteiger partial charge in [0.25, 0.3) is 0 Å². The number of rotatable bonds is 5. The summed E-state index contributed by atoms with van der Waals surface area (Å²) in [5.41, 5.74) is 0. The topological polar surface area (TPSA) is 54.4 Å². The molecule has 1 N–H and O–H groups in total. The molecule has 1 atom stereocenters. The molecule has 0 spiro atoms. The molecule has 0 aromatic heterocycles. The lowest BCUT2D eigenvalue weighted by Gasteiger charge is -1.97. The van der Waals surface area contributed by atoms with Gasteiger partial charge in [-0.2, -0.15) is 0 Å². The van der Waals surface area contributed by atoms with E-state index in [0.717, 1.165) is 6.29 Å². The van der Waals surface area contributed by atoms with Crippen molar-refractivity contribution in [3.63, 3.8) is 0 Å². The summed E-state index contributed by atoms with van der Waals surface area (Å²) in [7, 11) is 0. The molecule has 0 saturated carbocycles. The SMILES string of the molecule is O=CCCC[C@H](O)C=O. The number of unbranched alkanes of at least 4 members (excludes halogenated alkanes) is 1. The van der Waals surface area contributed by atoms with E-state index in [1.807, 2.05) is 0 Å². The summed E-state index contributed by atoms with van der Waals surface area (Å²) in [6.45, 7) is 0. The van der Waals surface area contributed by atoms with Gasteiger partial charge in [0.15, 0.2) is 0 Å². The van der Waals surface area contributed by atoms with Crippen molar-refractivity contribution in [3.05, 3.63) is 0 Å². The number of hydrogen-bond acceptors (Lipinski definition) is 3. The molecule has 0 fully saturated rings. The molecule has 0 aliphatic heterocycles. The maximum atomic E-state index is 9.76. The van der Waals surface area contributed by atoms with Gasteiger partial charge in [-0.3, -0.25) is 0 Å². The molecule has 0 aliphatic carbocycles. The minimum Gasteiger partial charge on any atom is -0.386 e. The summed E-state index contributed by atoms with van der Waals surface area (Å²) < 4.78 is 0. The molecule has 0 bridgehead atoms. The van der Waals surface area contributed by atoms with Crippen LogP contribution in [0, 0.1) is 0 Å². The normalized spacial score (nSPS) is 12.6. The van der Waals surface area contributed by atoms with Gasteiger partial charge in [0.2, 0.25) is 0 Å². The van der Waals surface area contributed by atoms with E-state index < -0.39 is 6.10 Å². The van der Waals surface area contributed by atoms with Crippen LogP contribution >= 0.6 is 0 Å². The minimum absolute atomic E-state index is 0.391. The van der Waals surface area contributed by atoms with Crippen LogP contribution in [0.1, 0.15) is 19.3 Å². The van der Waals surface area contributed by atoms with Gasteiger partial charge >= 0.3 is 0 Å². The average molecular weight is 130 g/mol. The van der Waals surface area contributed by atoms with Crippen LogP contribution in [0.4, 0.5) is 0 Å². The quantitative estimate of drug-likeness (QED) is 0.418. The maximum Gasteiger partial charge on any atom is 0.148 e. The molecule has 52 valence electrons. The van der Waals surface area contributed by atoms with Crippen LogP contribution in [0.25, 0.3) is 0 Å². The van der Waals surface area contributed by atoms with E-state index in [1.54, 1.807) is 0 Å². The second-order valence-corrected chi connectivity index (χ2v) is 1.80. The van der Waals surface area contributed by atoms with Crippen LogP contribution in [0.2, 0.25) is 0 Å². The molecule has 9 heavy (non-hydrogen) atoms. The van der Waals surface area contributed by atoms with Crippen molar-refractivity contribution < 1.29 is 14.7 Å². The Balaban J connectivity index is 3.05. The number of hydrogen-bond donors (Lipinski definition) is 1. The van der Waals surface area contributed by atoms with E-state index in [2.05, 4.69) is 0 Å². The molecular formula is C6H10O3. The fourth-order valence-electron chi connectivity index (χ4n) is 0.478. The Morgan fingerprint density at radius 3 is 2.56 bits per heavy atom. The predicted octanol–water partition coefficient (Wildman–Crippen LogP) is -0.0846. The first kappa shape index (κ1) is 8.30. The third kappa shape index (κ3) is 5.17. The number of aldehydes is 2. The Bertz CT molecular complexity index is 90.3.